The molecule has 3 rings (SSSR count). The Morgan fingerprint density at radius 1 is 1.29 bits per heavy atom. The lowest BCUT2D eigenvalue weighted by Crippen LogP contribution is -2.42. The van der Waals surface area contributed by atoms with Gasteiger partial charge in [-0.3, -0.25) is 14.5 Å². The van der Waals surface area contributed by atoms with Crippen molar-refractivity contribution in [1.82, 2.24) is 4.98 Å². The number of nitrogens with zero attached hydrogens (tertiary/aromatic N) is 2. The van der Waals surface area contributed by atoms with Gasteiger partial charge in [0.25, 0.3) is 5.91 Å². The molecule has 2 heterocycles. The van der Waals surface area contributed by atoms with Crippen LogP contribution in [0.1, 0.15) is 10.4 Å². The van der Waals surface area contributed by atoms with Crippen LogP contribution in [0.25, 0.3) is 0 Å². The average Bonchev–Trinajstić information content (AvgIpc) is 2.53. The van der Waals surface area contributed by atoms with Crippen molar-refractivity contribution in [2.45, 2.75) is 0 Å². The normalized spacial score (nSPS) is 13.4. The molecule has 0 saturated carbocycles. The molecule has 0 radical (unpaired) electrons. The number of nitrogen functional groups attached to an aromatic ring is 1. The highest BCUT2D eigenvalue weighted by Gasteiger charge is 2.27. The molecule has 7 heteroatoms. The topological polar surface area (TPSA) is 100 Å². The lowest BCUT2D eigenvalue weighted by molar-refractivity contribution is -0.115. The van der Waals surface area contributed by atoms with Gasteiger partial charge in [-0.2, -0.15) is 0 Å². The van der Waals surface area contributed by atoms with E-state index < -0.39 is 0 Å². The number of benzene rings is 1. The number of para-hydroxylation sites is 2. The lowest BCUT2D eigenvalue weighted by atomic mass is 10.1. The number of pyridine rings is 1. The van der Waals surface area contributed by atoms with Crippen molar-refractivity contribution in [2.75, 3.05) is 22.2 Å². The summed E-state index contributed by atoms with van der Waals surface area (Å²) in [6.07, 6.45) is 1.42. The van der Waals surface area contributed by atoms with Crippen LogP contribution in [0.4, 0.5) is 17.2 Å². The zero-order valence-electron chi connectivity index (χ0n) is 11.0. The number of amides is 2. The fourth-order valence-electron chi connectivity index (χ4n) is 2.18. The molecule has 2 aromatic rings. The van der Waals surface area contributed by atoms with E-state index in [9.17, 15) is 9.59 Å². The van der Waals surface area contributed by atoms with Crippen molar-refractivity contribution in [2.24, 2.45) is 5.84 Å². The first-order valence-electron chi connectivity index (χ1n) is 6.32. The van der Waals surface area contributed by atoms with Crippen LogP contribution < -0.4 is 21.5 Å². The van der Waals surface area contributed by atoms with E-state index in [1.54, 1.807) is 30.3 Å². The first-order valence-corrected chi connectivity index (χ1v) is 6.32. The maximum atomic E-state index is 12.6. The summed E-state index contributed by atoms with van der Waals surface area (Å²) in [4.78, 5) is 29.7. The van der Waals surface area contributed by atoms with Crippen LogP contribution in [-0.4, -0.2) is 23.3 Å². The summed E-state index contributed by atoms with van der Waals surface area (Å²) < 4.78 is 0. The third kappa shape index (κ3) is 2.41. The van der Waals surface area contributed by atoms with E-state index in [-0.39, 0.29) is 18.4 Å². The number of hydrogen-bond acceptors (Lipinski definition) is 5. The Morgan fingerprint density at radius 3 is 2.81 bits per heavy atom. The second-order valence-electron chi connectivity index (χ2n) is 4.53. The smallest absolute Gasteiger partial charge is 0.260 e. The molecule has 21 heavy (non-hydrogen) atoms. The summed E-state index contributed by atoms with van der Waals surface area (Å²) in [5.74, 6) is 5.19. The fraction of sp³-hybridized carbons (Fsp3) is 0.0714. The highest BCUT2D eigenvalue weighted by molar-refractivity contribution is 6.15. The van der Waals surface area contributed by atoms with Gasteiger partial charge in [0, 0.05) is 6.20 Å². The quantitative estimate of drug-likeness (QED) is 0.563. The fourth-order valence-corrected chi connectivity index (χ4v) is 2.18. The van der Waals surface area contributed by atoms with E-state index in [0.29, 0.717) is 22.8 Å². The molecule has 106 valence electrons. The van der Waals surface area contributed by atoms with Crippen molar-refractivity contribution in [3.63, 3.8) is 0 Å². The predicted octanol–water partition coefficient (Wildman–Crippen LogP) is 0.966. The first-order chi connectivity index (χ1) is 10.2. The van der Waals surface area contributed by atoms with Gasteiger partial charge in [0.15, 0.2) is 0 Å². The van der Waals surface area contributed by atoms with Crippen LogP contribution in [0.5, 0.6) is 0 Å². The molecule has 0 saturated heterocycles. The summed E-state index contributed by atoms with van der Waals surface area (Å²) in [5, 5.41) is 2.74. The van der Waals surface area contributed by atoms with Crippen molar-refractivity contribution < 1.29 is 9.59 Å². The molecule has 0 bridgehead atoms. The van der Waals surface area contributed by atoms with Crippen molar-refractivity contribution in [3.8, 4) is 0 Å². The molecule has 2 amide bonds. The van der Waals surface area contributed by atoms with Gasteiger partial charge in [-0.25, -0.2) is 10.8 Å². The van der Waals surface area contributed by atoms with Crippen molar-refractivity contribution in [1.29, 1.82) is 0 Å². The molecule has 4 N–H and O–H groups in total. The summed E-state index contributed by atoms with van der Waals surface area (Å²) in [7, 11) is 0. The van der Waals surface area contributed by atoms with Gasteiger partial charge in [0.1, 0.15) is 12.4 Å². The largest absolute Gasteiger partial charge is 0.323 e. The highest BCUT2D eigenvalue weighted by atomic mass is 16.2. The average molecular weight is 283 g/mol. The Bertz CT molecular complexity index is 699. The molecular weight excluding hydrogens is 270 g/mol. The monoisotopic (exact) mass is 283 g/mol. The molecule has 0 fully saturated rings. The third-order valence-electron chi connectivity index (χ3n) is 3.17. The van der Waals surface area contributed by atoms with Gasteiger partial charge >= 0.3 is 0 Å². The zero-order chi connectivity index (χ0) is 14.8. The maximum absolute atomic E-state index is 12.6. The van der Waals surface area contributed by atoms with Crippen LogP contribution in [0, 0.1) is 0 Å². The minimum atomic E-state index is -0.284. The number of anilines is 3. The van der Waals surface area contributed by atoms with E-state index >= 15 is 0 Å². The van der Waals surface area contributed by atoms with Gasteiger partial charge in [0.05, 0.1) is 16.9 Å². The maximum Gasteiger partial charge on any atom is 0.260 e. The number of aromatic nitrogens is 1. The molecule has 0 spiro atoms. The number of nitrogens with one attached hydrogen (secondary N) is 2. The first kappa shape index (κ1) is 13.1. The summed E-state index contributed by atoms with van der Waals surface area (Å²) in [6.45, 7) is -0.0211. The number of hydrogen-bond donors (Lipinski definition) is 3. The SMILES string of the molecule is NNc1ccc(C(=O)N2CC(=O)Nc3ccccc32)cn1. The second-order valence-corrected chi connectivity index (χ2v) is 4.53. The molecule has 1 aromatic carbocycles. The van der Waals surface area contributed by atoms with Gasteiger partial charge in [-0.1, -0.05) is 12.1 Å². The van der Waals surface area contributed by atoms with Crippen LogP contribution >= 0.6 is 0 Å². The van der Waals surface area contributed by atoms with E-state index in [0.717, 1.165) is 0 Å². The van der Waals surface area contributed by atoms with E-state index in [4.69, 9.17) is 5.84 Å². The molecule has 1 aromatic heterocycles. The van der Waals surface area contributed by atoms with Gasteiger partial charge < -0.3 is 10.7 Å². The molecule has 1 aliphatic heterocycles. The Kier molecular flexibility index (Phi) is 3.25. The van der Waals surface area contributed by atoms with Crippen LogP contribution in [0.15, 0.2) is 42.6 Å². The molecule has 0 aliphatic carbocycles. The molecular formula is C14H13N5O2. The molecule has 0 atom stereocenters. The van der Waals surface area contributed by atoms with Gasteiger partial charge in [-0.05, 0) is 24.3 Å². The number of carbonyl (C=O) groups is 2. The standard InChI is InChI=1S/C14H13N5O2/c15-18-12-6-5-9(7-16-12)14(21)19-8-13(20)17-10-3-1-2-4-11(10)19/h1-7H,8,15H2,(H,16,18)(H,17,20). The van der Waals surface area contributed by atoms with E-state index in [2.05, 4.69) is 15.7 Å². The molecule has 1 aliphatic rings. The zero-order valence-corrected chi connectivity index (χ0v) is 11.0. The second kappa shape index (κ2) is 5.22. The van der Waals surface area contributed by atoms with E-state index in [1.165, 1.54) is 11.1 Å². The number of fused-ring (bicyclic) bond motifs is 1. The Labute approximate surface area is 120 Å². The molecule has 7 nitrogen and oxygen atoms in total. The number of rotatable bonds is 2. The molecule has 0 unspecified atom stereocenters. The number of nitrogens with two attached hydrogens (primary N) is 1. The Morgan fingerprint density at radius 2 is 2.10 bits per heavy atom. The van der Waals surface area contributed by atoms with Gasteiger partial charge in [0.2, 0.25) is 5.91 Å². The Hall–Kier alpha value is -2.93. The van der Waals surface area contributed by atoms with Gasteiger partial charge in [-0.15, -0.1) is 0 Å². The number of carbonyl (C=O) groups excluding carboxylic acids is 2. The lowest BCUT2D eigenvalue weighted by Gasteiger charge is -2.29. The predicted molar refractivity (Wildman–Crippen MR) is 78.8 cm³/mol. The summed E-state index contributed by atoms with van der Waals surface area (Å²) >= 11 is 0. The van der Waals surface area contributed by atoms with Crippen LogP contribution in [0.3, 0.4) is 0 Å². The van der Waals surface area contributed by atoms with Crippen LogP contribution in [0.2, 0.25) is 0 Å². The van der Waals surface area contributed by atoms with Crippen molar-refractivity contribution in [3.05, 3.63) is 48.2 Å². The number of hydrazine groups is 1. The Balaban J connectivity index is 1.95. The third-order valence-corrected chi connectivity index (χ3v) is 3.17. The summed E-state index contributed by atoms with van der Waals surface area (Å²) in [5.41, 5.74) is 4.07. The van der Waals surface area contributed by atoms with E-state index in [1.807, 2.05) is 6.07 Å². The minimum Gasteiger partial charge on any atom is -0.323 e. The van der Waals surface area contributed by atoms with Crippen molar-refractivity contribution >= 4 is 29.0 Å². The van der Waals surface area contributed by atoms with Crippen LogP contribution in [-0.2, 0) is 4.79 Å². The highest BCUT2D eigenvalue weighted by Crippen LogP contribution is 2.29. The minimum absolute atomic E-state index is 0.0211. The summed E-state index contributed by atoms with van der Waals surface area (Å²) in [6, 6.07) is 10.4.